The van der Waals surface area contributed by atoms with Crippen molar-refractivity contribution in [3.8, 4) is 5.75 Å². The predicted octanol–water partition coefficient (Wildman–Crippen LogP) is 4.54. The smallest absolute Gasteiger partial charge is 0.252 e. The Morgan fingerprint density at radius 1 is 0.909 bits per heavy atom. The van der Waals surface area contributed by atoms with E-state index in [1.165, 1.54) is 23.5 Å². The van der Waals surface area contributed by atoms with Crippen LogP contribution in [0.25, 0.3) is 10.9 Å². The van der Waals surface area contributed by atoms with Gasteiger partial charge in [-0.05, 0) is 66.9 Å². The first kappa shape index (κ1) is 22.8. The number of nitrogens with one attached hydrogen (secondary N) is 1. The summed E-state index contributed by atoms with van der Waals surface area (Å²) in [6.07, 6.45) is 0. The molecule has 1 aromatic heterocycles. The summed E-state index contributed by atoms with van der Waals surface area (Å²) in [5.74, 6) is 0.570. The van der Waals surface area contributed by atoms with Gasteiger partial charge >= 0.3 is 0 Å². The lowest BCUT2D eigenvalue weighted by atomic mass is 10.0. The number of hydrogen-bond acceptors (Lipinski definition) is 4. The highest BCUT2D eigenvalue weighted by atomic mass is 32.2. The van der Waals surface area contributed by atoms with Gasteiger partial charge in [0.1, 0.15) is 5.75 Å². The molecule has 170 valence electrons. The highest BCUT2D eigenvalue weighted by molar-refractivity contribution is 7.89. The molecule has 4 aromatic rings. The van der Waals surface area contributed by atoms with Crippen molar-refractivity contribution in [2.75, 3.05) is 7.11 Å². The van der Waals surface area contributed by atoms with Crippen molar-refractivity contribution < 1.29 is 13.2 Å². The summed E-state index contributed by atoms with van der Waals surface area (Å²) in [4.78, 5) is 16.0. The monoisotopic (exact) mass is 462 g/mol. The number of pyridine rings is 1. The van der Waals surface area contributed by atoms with Gasteiger partial charge in [0.05, 0.1) is 12.0 Å². The van der Waals surface area contributed by atoms with Gasteiger partial charge in [0.25, 0.3) is 5.56 Å². The molecule has 0 atom stereocenters. The molecule has 0 radical (unpaired) electrons. The summed E-state index contributed by atoms with van der Waals surface area (Å²) in [7, 11) is -2.36. The fourth-order valence-corrected chi connectivity index (χ4v) is 5.34. The molecule has 0 spiro atoms. The molecule has 33 heavy (non-hydrogen) atoms. The van der Waals surface area contributed by atoms with E-state index >= 15 is 0 Å². The van der Waals surface area contributed by atoms with E-state index in [0.29, 0.717) is 11.3 Å². The number of fused-ring (bicyclic) bond motifs is 1. The van der Waals surface area contributed by atoms with Crippen LogP contribution in [-0.2, 0) is 23.1 Å². The van der Waals surface area contributed by atoms with Gasteiger partial charge in [-0.15, -0.1) is 0 Å². The van der Waals surface area contributed by atoms with Crippen LogP contribution >= 0.6 is 0 Å². The number of methoxy groups -OCH3 is 1. The molecule has 0 saturated heterocycles. The van der Waals surface area contributed by atoms with E-state index in [9.17, 15) is 13.2 Å². The number of aromatic amines is 1. The molecule has 0 fully saturated rings. The first-order chi connectivity index (χ1) is 15.8. The van der Waals surface area contributed by atoms with Gasteiger partial charge in [-0.2, -0.15) is 4.31 Å². The molecule has 0 bridgehead atoms. The number of H-pyrrole nitrogens is 1. The average molecular weight is 463 g/mol. The first-order valence-electron chi connectivity index (χ1n) is 10.6. The minimum atomic E-state index is -3.88. The third kappa shape index (κ3) is 4.84. The number of nitrogens with zero attached hydrogens (tertiary/aromatic N) is 1. The van der Waals surface area contributed by atoms with E-state index < -0.39 is 10.0 Å². The van der Waals surface area contributed by atoms with Crippen molar-refractivity contribution in [3.05, 3.63) is 105 Å². The number of sulfonamides is 1. The topological polar surface area (TPSA) is 79.5 Å². The molecule has 4 rings (SSSR count). The van der Waals surface area contributed by atoms with Crippen LogP contribution in [0, 0.1) is 13.8 Å². The Morgan fingerprint density at radius 2 is 1.61 bits per heavy atom. The second kappa shape index (κ2) is 9.21. The quantitative estimate of drug-likeness (QED) is 0.437. The largest absolute Gasteiger partial charge is 0.497 e. The zero-order valence-corrected chi connectivity index (χ0v) is 19.6. The molecule has 0 aliphatic rings. The van der Waals surface area contributed by atoms with E-state index in [-0.39, 0.29) is 23.5 Å². The summed E-state index contributed by atoms with van der Waals surface area (Å²) in [6, 6.07) is 21.4. The molecule has 1 heterocycles. The van der Waals surface area contributed by atoms with Gasteiger partial charge in [-0.1, -0.05) is 36.4 Å². The lowest BCUT2D eigenvalue weighted by Gasteiger charge is -2.23. The zero-order valence-electron chi connectivity index (χ0n) is 18.8. The normalized spacial score (nSPS) is 11.8. The number of hydrogen-bond donors (Lipinski definition) is 1. The number of aromatic nitrogens is 1. The molecule has 3 aromatic carbocycles. The van der Waals surface area contributed by atoms with Crippen LogP contribution in [0.2, 0.25) is 0 Å². The summed E-state index contributed by atoms with van der Waals surface area (Å²) >= 11 is 0. The SMILES string of the molecule is COc1ccc(S(=O)(=O)N(Cc2ccccc2)Cc2cc3c(C)cc(C)cc3[nH]c2=O)cc1. The highest BCUT2D eigenvalue weighted by Gasteiger charge is 2.26. The van der Waals surface area contributed by atoms with Crippen molar-refractivity contribution >= 4 is 20.9 Å². The average Bonchev–Trinajstić information content (AvgIpc) is 2.80. The van der Waals surface area contributed by atoms with Crippen molar-refractivity contribution in [3.63, 3.8) is 0 Å². The number of ether oxygens (including phenoxy) is 1. The minimum Gasteiger partial charge on any atom is -0.497 e. The summed E-state index contributed by atoms with van der Waals surface area (Å²) < 4.78 is 33.7. The van der Waals surface area contributed by atoms with Crippen LogP contribution < -0.4 is 10.3 Å². The van der Waals surface area contributed by atoms with Crippen molar-refractivity contribution in [1.82, 2.24) is 9.29 Å². The van der Waals surface area contributed by atoms with Crippen LogP contribution in [0.4, 0.5) is 0 Å². The Kier molecular flexibility index (Phi) is 6.35. The molecule has 6 nitrogen and oxygen atoms in total. The van der Waals surface area contributed by atoms with Crippen molar-refractivity contribution in [2.45, 2.75) is 31.8 Å². The third-order valence-electron chi connectivity index (χ3n) is 5.64. The van der Waals surface area contributed by atoms with E-state index in [1.807, 2.05) is 56.3 Å². The molecular formula is C26H26N2O4S. The number of rotatable bonds is 7. The molecule has 0 aliphatic carbocycles. The van der Waals surface area contributed by atoms with Crippen LogP contribution in [0.3, 0.4) is 0 Å². The van der Waals surface area contributed by atoms with Gasteiger partial charge < -0.3 is 9.72 Å². The molecule has 1 N–H and O–H groups in total. The molecule has 0 saturated carbocycles. The van der Waals surface area contributed by atoms with Crippen LogP contribution in [0.15, 0.2) is 82.5 Å². The third-order valence-corrected chi connectivity index (χ3v) is 7.44. The van der Waals surface area contributed by atoms with Gasteiger partial charge in [-0.25, -0.2) is 8.42 Å². The molecule has 0 aliphatic heterocycles. The van der Waals surface area contributed by atoms with E-state index in [2.05, 4.69) is 4.98 Å². The van der Waals surface area contributed by atoms with Crippen LogP contribution in [0.1, 0.15) is 22.3 Å². The standard InChI is InChI=1S/C26H26N2O4S/c1-18-13-19(2)24-15-21(26(29)27-25(24)14-18)17-28(16-20-7-5-4-6-8-20)33(30,31)23-11-9-22(32-3)10-12-23/h4-15H,16-17H2,1-3H3,(H,27,29). The summed E-state index contributed by atoms with van der Waals surface area (Å²) in [5.41, 5.74) is 3.75. The Bertz CT molecular complexity index is 1440. The lowest BCUT2D eigenvalue weighted by molar-refractivity contribution is 0.399. The van der Waals surface area contributed by atoms with Crippen LogP contribution in [0.5, 0.6) is 5.75 Å². The maximum atomic E-state index is 13.6. The second-order valence-corrected chi connectivity index (χ2v) is 10.0. The number of aryl methyl sites for hydroxylation is 2. The van der Waals surface area contributed by atoms with Gasteiger partial charge in [0, 0.05) is 29.6 Å². The van der Waals surface area contributed by atoms with E-state index in [0.717, 1.165) is 27.6 Å². The Hall–Kier alpha value is -3.42. The molecule has 7 heteroatoms. The van der Waals surface area contributed by atoms with Gasteiger partial charge in [0.15, 0.2) is 0 Å². The van der Waals surface area contributed by atoms with Gasteiger partial charge in [0.2, 0.25) is 10.0 Å². The number of benzene rings is 3. The molecule has 0 amide bonds. The Morgan fingerprint density at radius 3 is 2.27 bits per heavy atom. The maximum Gasteiger partial charge on any atom is 0.252 e. The maximum absolute atomic E-state index is 13.6. The summed E-state index contributed by atoms with van der Waals surface area (Å²) in [6.45, 7) is 4.04. The van der Waals surface area contributed by atoms with E-state index in [1.54, 1.807) is 18.2 Å². The second-order valence-electron chi connectivity index (χ2n) is 8.10. The Labute approximate surface area is 193 Å². The van der Waals surface area contributed by atoms with Crippen molar-refractivity contribution in [1.29, 1.82) is 0 Å². The highest BCUT2D eigenvalue weighted by Crippen LogP contribution is 2.24. The van der Waals surface area contributed by atoms with E-state index in [4.69, 9.17) is 4.74 Å². The Balaban J connectivity index is 1.78. The lowest BCUT2D eigenvalue weighted by Crippen LogP contribution is -2.32. The minimum absolute atomic E-state index is 0.0537. The van der Waals surface area contributed by atoms with Crippen LogP contribution in [-0.4, -0.2) is 24.8 Å². The predicted molar refractivity (Wildman–Crippen MR) is 130 cm³/mol. The molecule has 0 unspecified atom stereocenters. The summed E-state index contributed by atoms with van der Waals surface area (Å²) in [5, 5.41) is 0.900. The zero-order chi connectivity index (χ0) is 23.6. The van der Waals surface area contributed by atoms with Gasteiger partial charge in [-0.3, -0.25) is 4.79 Å². The van der Waals surface area contributed by atoms with Crippen molar-refractivity contribution in [2.24, 2.45) is 0 Å². The fraction of sp³-hybridized carbons (Fsp3) is 0.192. The first-order valence-corrected chi connectivity index (χ1v) is 12.0. The fourth-order valence-electron chi connectivity index (χ4n) is 3.93. The molecular weight excluding hydrogens is 436 g/mol.